The largest absolute Gasteiger partial charge is 0.493 e. The Morgan fingerprint density at radius 3 is 2.33 bits per heavy atom. The number of benzene rings is 3. The Balaban J connectivity index is 1.98. The summed E-state index contributed by atoms with van der Waals surface area (Å²) in [6.07, 6.45) is 0. The number of rotatable bonds is 4. The molecule has 4 nitrogen and oxygen atoms in total. The number of hydrogen-bond donors (Lipinski definition) is 1. The predicted octanol–water partition coefficient (Wildman–Crippen LogP) is 4.42. The summed E-state index contributed by atoms with van der Waals surface area (Å²) in [5, 5.41) is 5.08. The highest BCUT2D eigenvalue weighted by Gasteiger charge is 2.15. The molecule has 3 rings (SSSR count). The second kappa shape index (κ2) is 6.62. The lowest BCUT2D eigenvalue weighted by Gasteiger charge is -2.14. The maximum absolute atomic E-state index is 12.7. The van der Waals surface area contributed by atoms with Crippen molar-refractivity contribution in [2.24, 2.45) is 0 Å². The molecule has 0 radical (unpaired) electrons. The van der Waals surface area contributed by atoms with Gasteiger partial charge in [0, 0.05) is 16.6 Å². The third-order valence-corrected chi connectivity index (χ3v) is 4.01. The van der Waals surface area contributed by atoms with E-state index < -0.39 is 0 Å². The zero-order valence-electron chi connectivity index (χ0n) is 13.9. The molecule has 3 aromatic rings. The molecule has 4 heteroatoms. The summed E-state index contributed by atoms with van der Waals surface area (Å²) in [4.78, 5) is 12.7. The van der Waals surface area contributed by atoms with Crippen molar-refractivity contribution in [3.05, 3.63) is 65.7 Å². The standard InChI is InChI=1S/C20H19NO3/c1-13-11-18(23-2)19(24-3)12-16(13)20(22)21-17-10-6-8-14-7-4-5-9-15(14)17/h4-12H,1-3H3,(H,21,22). The molecule has 1 N–H and O–H groups in total. The minimum Gasteiger partial charge on any atom is -0.493 e. The van der Waals surface area contributed by atoms with Crippen LogP contribution in [0.3, 0.4) is 0 Å². The number of methoxy groups -OCH3 is 2. The molecular weight excluding hydrogens is 302 g/mol. The first-order valence-corrected chi connectivity index (χ1v) is 7.65. The van der Waals surface area contributed by atoms with Crippen LogP contribution < -0.4 is 14.8 Å². The molecule has 0 heterocycles. The van der Waals surface area contributed by atoms with E-state index in [0.717, 1.165) is 22.0 Å². The van der Waals surface area contributed by atoms with E-state index in [9.17, 15) is 4.79 Å². The lowest BCUT2D eigenvalue weighted by atomic mass is 10.1. The molecule has 0 aliphatic heterocycles. The lowest BCUT2D eigenvalue weighted by Crippen LogP contribution is -2.14. The summed E-state index contributed by atoms with van der Waals surface area (Å²) in [7, 11) is 3.13. The van der Waals surface area contributed by atoms with Crippen molar-refractivity contribution in [3.8, 4) is 11.5 Å². The van der Waals surface area contributed by atoms with Crippen LogP contribution in [-0.4, -0.2) is 20.1 Å². The van der Waals surface area contributed by atoms with E-state index in [1.165, 1.54) is 0 Å². The summed E-state index contributed by atoms with van der Waals surface area (Å²) in [6, 6.07) is 17.3. The molecule has 1 amide bonds. The van der Waals surface area contributed by atoms with Gasteiger partial charge < -0.3 is 14.8 Å². The minimum atomic E-state index is -0.176. The predicted molar refractivity (Wildman–Crippen MR) is 96.2 cm³/mol. The van der Waals surface area contributed by atoms with E-state index in [4.69, 9.17) is 9.47 Å². The van der Waals surface area contributed by atoms with Crippen molar-refractivity contribution in [3.63, 3.8) is 0 Å². The molecule has 122 valence electrons. The van der Waals surface area contributed by atoms with E-state index in [2.05, 4.69) is 5.32 Å². The summed E-state index contributed by atoms with van der Waals surface area (Å²) in [6.45, 7) is 1.87. The van der Waals surface area contributed by atoms with E-state index in [1.54, 1.807) is 26.4 Å². The van der Waals surface area contributed by atoms with Crippen LogP contribution in [0.2, 0.25) is 0 Å². The van der Waals surface area contributed by atoms with Crippen LogP contribution >= 0.6 is 0 Å². The average molecular weight is 321 g/mol. The van der Waals surface area contributed by atoms with Crippen LogP contribution in [0, 0.1) is 6.92 Å². The molecule has 0 aromatic heterocycles. The SMILES string of the molecule is COc1cc(C)c(C(=O)Nc2cccc3ccccc23)cc1OC. The fraction of sp³-hybridized carbons (Fsp3) is 0.150. The Bertz CT molecular complexity index is 897. The lowest BCUT2D eigenvalue weighted by molar-refractivity contribution is 0.102. The minimum absolute atomic E-state index is 0.176. The monoisotopic (exact) mass is 321 g/mol. The first kappa shape index (κ1) is 15.9. The van der Waals surface area contributed by atoms with E-state index in [-0.39, 0.29) is 5.91 Å². The van der Waals surface area contributed by atoms with Gasteiger partial charge in [-0.1, -0.05) is 36.4 Å². The zero-order valence-corrected chi connectivity index (χ0v) is 13.9. The van der Waals surface area contributed by atoms with Crippen LogP contribution in [0.15, 0.2) is 54.6 Å². The third kappa shape index (κ3) is 2.91. The van der Waals surface area contributed by atoms with Crippen molar-refractivity contribution < 1.29 is 14.3 Å². The van der Waals surface area contributed by atoms with Gasteiger partial charge in [0.1, 0.15) is 0 Å². The van der Waals surface area contributed by atoms with Gasteiger partial charge >= 0.3 is 0 Å². The molecule has 24 heavy (non-hydrogen) atoms. The van der Waals surface area contributed by atoms with Gasteiger partial charge in [-0.2, -0.15) is 0 Å². The second-order valence-electron chi connectivity index (χ2n) is 5.50. The second-order valence-corrected chi connectivity index (χ2v) is 5.50. The van der Waals surface area contributed by atoms with Gasteiger partial charge in [0.2, 0.25) is 0 Å². The Labute approximate surface area is 141 Å². The average Bonchev–Trinajstić information content (AvgIpc) is 2.61. The van der Waals surface area contributed by atoms with Crippen molar-refractivity contribution in [2.45, 2.75) is 6.92 Å². The number of nitrogens with one attached hydrogen (secondary N) is 1. The van der Waals surface area contributed by atoms with Gasteiger partial charge in [0.05, 0.1) is 14.2 Å². The van der Waals surface area contributed by atoms with Crippen LogP contribution in [-0.2, 0) is 0 Å². The number of hydrogen-bond acceptors (Lipinski definition) is 3. The Hall–Kier alpha value is -3.01. The quantitative estimate of drug-likeness (QED) is 0.774. The van der Waals surface area contributed by atoms with Crippen molar-refractivity contribution in [1.29, 1.82) is 0 Å². The summed E-state index contributed by atoms with van der Waals surface area (Å²) in [5.41, 5.74) is 2.17. The highest BCUT2D eigenvalue weighted by Crippen LogP contribution is 2.31. The normalized spacial score (nSPS) is 10.5. The smallest absolute Gasteiger partial charge is 0.256 e. The molecule has 0 saturated carbocycles. The topological polar surface area (TPSA) is 47.6 Å². The van der Waals surface area contributed by atoms with Gasteiger partial charge in [-0.15, -0.1) is 0 Å². The maximum atomic E-state index is 12.7. The number of anilines is 1. The molecule has 0 aliphatic rings. The molecule has 0 spiro atoms. The maximum Gasteiger partial charge on any atom is 0.256 e. The highest BCUT2D eigenvalue weighted by atomic mass is 16.5. The first-order chi connectivity index (χ1) is 11.6. The van der Waals surface area contributed by atoms with Crippen LogP contribution in [0.25, 0.3) is 10.8 Å². The van der Waals surface area contributed by atoms with Gasteiger partial charge in [0.15, 0.2) is 11.5 Å². The number of carbonyl (C=O) groups is 1. The van der Waals surface area contributed by atoms with E-state index >= 15 is 0 Å². The van der Waals surface area contributed by atoms with Gasteiger partial charge in [-0.3, -0.25) is 4.79 Å². The Morgan fingerprint density at radius 2 is 1.58 bits per heavy atom. The van der Waals surface area contributed by atoms with Crippen LogP contribution in [0.5, 0.6) is 11.5 Å². The zero-order chi connectivity index (χ0) is 17.1. The molecule has 0 saturated heterocycles. The Morgan fingerprint density at radius 1 is 0.917 bits per heavy atom. The summed E-state index contributed by atoms with van der Waals surface area (Å²) >= 11 is 0. The molecule has 0 unspecified atom stereocenters. The third-order valence-electron chi connectivity index (χ3n) is 4.01. The Kier molecular flexibility index (Phi) is 4.38. The molecule has 0 fully saturated rings. The number of fused-ring (bicyclic) bond motifs is 1. The number of aryl methyl sites for hydroxylation is 1. The number of amides is 1. The number of carbonyl (C=O) groups excluding carboxylic acids is 1. The van der Waals surface area contributed by atoms with Crippen LogP contribution in [0.4, 0.5) is 5.69 Å². The summed E-state index contributed by atoms with van der Waals surface area (Å²) < 4.78 is 10.6. The van der Waals surface area contributed by atoms with Gasteiger partial charge in [-0.25, -0.2) is 0 Å². The van der Waals surface area contributed by atoms with Crippen molar-refractivity contribution in [1.82, 2.24) is 0 Å². The van der Waals surface area contributed by atoms with Crippen molar-refractivity contribution in [2.75, 3.05) is 19.5 Å². The van der Waals surface area contributed by atoms with Gasteiger partial charge in [-0.05, 0) is 36.1 Å². The molecule has 3 aromatic carbocycles. The van der Waals surface area contributed by atoms with Crippen molar-refractivity contribution >= 4 is 22.4 Å². The molecule has 0 atom stereocenters. The van der Waals surface area contributed by atoms with Gasteiger partial charge in [0.25, 0.3) is 5.91 Å². The highest BCUT2D eigenvalue weighted by molar-refractivity contribution is 6.10. The molecular formula is C20H19NO3. The number of ether oxygens (including phenoxy) is 2. The molecule has 0 bridgehead atoms. The first-order valence-electron chi connectivity index (χ1n) is 7.65. The fourth-order valence-electron chi connectivity index (χ4n) is 2.75. The molecule has 0 aliphatic carbocycles. The van der Waals surface area contributed by atoms with E-state index in [0.29, 0.717) is 17.1 Å². The summed E-state index contributed by atoms with van der Waals surface area (Å²) in [5.74, 6) is 0.965. The van der Waals surface area contributed by atoms with E-state index in [1.807, 2.05) is 49.4 Å². The van der Waals surface area contributed by atoms with Crippen LogP contribution in [0.1, 0.15) is 15.9 Å². The fourth-order valence-corrected chi connectivity index (χ4v) is 2.75.